The molecule has 0 bridgehead atoms. The molecular formula is C15H21Cl2N5O3. The first-order chi connectivity index (χ1) is 11.0. The predicted molar refractivity (Wildman–Crippen MR) is 101 cm³/mol. The third-order valence-electron chi connectivity index (χ3n) is 3.17. The SMILES string of the molecule is Cl.Cl.NCCNC(=O)c1cccc2c1OCCC(C(=O)N=C(N)N)=C2. The maximum atomic E-state index is 12.2. The topological polar surface area (TPSA) is 146 Å². The molecule has 0 radical (unpaired) electrons. The highest BCUT2D eigenvalue weighted by Gasteiger charge is 2.20. The van der Waals surface area contributed by atoms with Crippen LogP contribution in [0.3, 0.4) is 0 Å². The molecule has 25 heavy (non-hydrogen) atoms. The van der Waals surface area contributed by atoms with Gasteiger partial charge in [0.1, 0.15) is 5.75 Å². The highest BCUT2D eigenvalue weighted by atomic mass is 35.5. The number of halogens is 2. The first-order valence-electron chi connectivity index (χ1n) is 7.11. The van der Waals surface area contributed by atoms with E-state index in [1.54, 1.807) is 24.3 Å². The normalized spacial score (nSPS) is 12.0. The van der Waals surface area contributed by atoms with Crippen LogP contribution in [0.1, 0.15) is 22.3 Å². The van der Waals surface area contributed by atoms with Gasteiger partial charge in [-0.2, -0.15) is 4.99 Å². The number of amides is 2. The first kappa shape index (κ1) is 22.7. The van der Waals surface area contributed by atoms with E-state index in [-0.39, 0.29) is 43.3 Å². The van der Waals surface area contributed by atoms with Crippen LogP contribution in [0.4, 0.5) is 0 Å². The van der Waals surface area contributed by atoms with Crippen LogP contribution >= 0.6 is 24.8 Å². The third-order valence-corrected chi connectivity index (χ3v) is 3.17. The molecule has 8 nitrogen and oxygen atoms in total. The fraction of sp³-hybridized carbons (Fsp3) is 0.267. The molecule has 1 aliphatic heterocycles. The van der Waals surface area contributed by atoms with E-state index < -0.39 is 5.91 Å². The van der Waals surface area contributed by atoms with Crippen molar-refractivity contribution in [3.05, 3.63) is 34.9 Å². The lowest BCUT2D eigenvalue weighted by atomic mass is 10.0. The van der Waals surface area contributed by atoms with Crippen LogP contribution in [0.25, 0.3) is 6.08 Å². The molecule has 0 saturated heterocycles. The fourth-order valence-corrected chi connectivity index (χ4v) is 2.17. The van der Waals surface area contributed by atoms with Gasteiger partial charge in [-0.15, -0.1) is 24.8 Å². The number of benzene rings is 1. The number of guanidine groups is 1. The molecular weight excluding hydrogens is 369 g/mol. The number of fused-ring (bicyclic) bond motifs is 1. The number of carbonyl (C=O) groups is 2. The van der Waals surface area contributed by atoms with Gasteiger partial charge in [0, 0.05) is 30.6 Å². The highest BCUT2D eigenvalue weighted by molar-refractivity contribution is 6.05. The van der Waals surface area contributed by atoms with E-state index in [4.69, 9.17) is 21.9 Å². The minimum Gasteiger partial charge on any atom is -0.492 e. The number of hydrogen-bond acceptors (Lipinski definition) is 4. The van der Waals surface area contributed by atoms with Gasteiger partial charge >= 0.3 is 0 Å². The van der Waals surface area contributed by atoms with Crippen LogP contribution in [0.5, 0.6) is 5.75 Å². The molecule has 138 valence electrons. The Balaban J connectivity index is 0.00000288. The zero-order chi connectivity index (χ0) is 16.8. The zero-order valence-electron chi connectivity index (χ0n) is 13.4. The number of nitrogens with zero attached hydrogens (tertiary/aromatic N) is 1. The molecule has 1 aromatic rings. The van der Waals surface area contributed by atoms with Gasteiger partial charge in [-0.25, -0.2) is 0 Å². The summed E-state index contributed by atoms with van der Waals surface area (Å²) in [4.78, 5) is 27.7. The molecule has 0 aliphatic carbocycles. The largest absolute Gasteiger partial charge is 0.492 e. The lowest BCUT2D eigenvalue weighted by Crippen LogP contribution is -2.29. The van der Waals surface area contributed by atoms with Crippen molar-refractivity contribution in [1.82, 2.24) is 5.32 Å². The second kappa shape index (κ2) is 10.5. The summed E-state index contributed by atoms with van der Waals surface area (Å²) in [6, 6.07) is 5.12. The smallest absolute Gasteiger partial charge is 0.276 e. The minimum atomic E-state index is -0.514. The summed E-state index contributed by atoms with van der Waals surface area (Å²) in [6.07, 6.45) is 1.98. The van der Waals surface area contributed by atoms with Crippen molar-refractivity contribution in [3.8, 4) is 5.75 Å². The van der Waals surface area contributed by atoms with E-state index in [9.17, 15) is 9.59 Å². The van der Waals surface area contributed by atoms with Gasteiger partial charge in [-0.05, 0) is 12.1 Å². The molecule has 1 aliphatic rings. The Labute approximate surface area is 157 Å². The number of ether oxygens (including phenoxy) is 1. The van der Waals surface area contributed by atoms with Crippen molar-refractivity contribution >= 4 is 48.7 Å². The Morgan fingerprint density at radius 3 is 2.60 bits per heavy atom. The van der Waals surface area contributed by atoms with Gasteiger partial charge in [0.15, 0.2) is 5.96 Å². The van der Waals surface area contributed by atoms with Crippen molar-refractivity contribution in [3.63, 3.8) is 0 Å². The predicted octanol–water partition coefficient (Wildman–Crippen LogP) is 0.185. The van der Waals surface area contributed by atoms with E-state index in [1.165, 1.54) is 0 Å². The van der Waals surface area contributed by atoms with Crippen LogP contribution in [0.15, 0.2) is 28.8 Å². The molecule has 0 unspecified atom stereocenters. The van der Waals surface area contributed by atoms with E-state index in [1.807, 2.05) is 0 Å². The number of hydrogen-bond donors (Lipinski definition) is 4. The van der Waals surface area contributed by atoms with Gasteiger partial charge in [-0.3, -0.25) is 9.59 Å². The summed E-state index contributed by atoms with van der Waals surface area (Å²) >= 11 is 0. The molecule has 2 amide bonds. The summed E-state index contributed by atoms with van der Waals surface area (Å²) in [6.45, 7) is 0.955. The minimum absolute atomic E-state index is 0. The molecule has 0 spiro atoms. The van der Waals surface area contributed by atoms with Crippen LogP contribution in [-0.2, 0) is 4.79 Å². The van der Waals surface area contributed by atoms with Crippen LogP contribution in [-0.4, -0.2) is 37.5 Å². The fourth-order valence-electron chi connectivity index (χ4n) is 2.17. The standard InChI is InChI=1S/C15H19N5O3.2ClH/c16-5-6-19-14(22)11-3-1-2-9-8-10(4-7-23-12(9)11)13(21)20-15(17)18;;/h1-3,8H,4-7,16H2,(H,19,22)(H4,17,18,20,21);2*1H. The molecule has 0 aromatic heterocycles. The molecule has 0 saturated carbocycles. The van der Waals surface area contributed by atoms with Crippen molar-refractivity contribution in [2.75, 3.05) is 19.7 Å². The molecule has 1 aromatic carbocycles. The van der Waals surface area contributed by atoms with E-state index in [2.05, 4.69) is 10.3 Å². The lowest BCUT2D eigenvalue weighted by Gasteiger charge is -2.12. The van der Waals surface area contributed by atoms with Crippen molar-refractivity contribution in [2.24, 2.45) is 22.2 Å². The molecule has 1 heterocycles. The van der Waals surface area contributed by atoms with Gasteiger partial charge < -0.3 is 27.3 Å². The average Bonchev–Trinajstić information content (AvgIpc) is 2.74. The average molecular weight is 390 g/mol. The van der Waals surface area contributed by atoms with Gasteiger partial charge in [0.2, 0.25) is 0 Å². The summed E-state index contributed by atoms with van der Waals surface area (Å²) in [7, 11) is 0. The Kier molecular flexibility index (Phi) is 9.58. The van der Waals surface area contributed by atoms with Gasteiger partial charge in [0.05, 0.1) is 12.2 Å². The van der Waals surface area contributed by atoms with Crippen molar-refractivity contribution < 1.29 is 14.3 Å². The van der Waals surface area contributed by atoms with Gasteiger partial charge in [-0.1, -0.05) is 12.1 Å². The lowest BCUT2D eigenvalue weighted by molar-refractivity contribution is -0.114. The maximum absolute atomic E-state index is 12.2. The second-order valence-corrected chi connectivity index (χ2v) is 4.88. The number of aliphatic imine (C=N–C) groups is 1. The number of para-hydroxylation sites is 1. The Hall–Kier alpha value is -2.29. The second-order valence-electron chi connectivity index (χ2n) is 4.88. The van der Waals surface area contributed by atoms with Gasteiger partial charge in [0.25, 0.3) is 11.8 Å². The molecule has 0 fully saturated rings. The van der Waals surface area contributed by atoms with Crippen molar-refractivity contribution in [1.29, 1.82) is 0 Å². The molecule has 2 rings (SSSR count). The number of rotatable bonds is 4. The van der Waals surface area contributed by atoms with Crippen LogP contribution in [0.2, 0.25) is 0 Å². The number of carbonyl (C=O) groups excluding carboxylic acids is 2. The Morgan fingerprint density at radius 1 is 1.24 bits per heavy atom. The summed E-state index contributed by atoms with van der Waals surface area (Å²) < 4.78 is 5.66. The summed E-state index contributed by atoms with van der Waals surface area (Å²) in [5, 5.41) is 2.69. The summed E-state index contributed by atoms with van der Waals surface area (Å²) in [5.74, 6) is -0.662. The monoisotopic (exact) mass is 389 g/mol. The van der Waals surface area contributed by atoms with Crippen molar-refractivity contribution in [2.45, 2.75) is 6.42 Å². The number of nitrogens with one attached hydrogen (secondary N) is 1. The molecule has 0 atom stereocenters. The van der Waals surface area contributed by atoms with E-state index in [0.717, 1.165) is 0 Å². The number of nitrogens with two attached hydrogens (primary N) is 3. The Morgan fingerprint density at radius 2 is 1.96 bits per heavy atom. The Bertz CT molecular complexity index is 688. The quantitative estimate of drug-likeness (QED) is 0.426. The van der Waals surface area contributed by atoms with E-state index in [0.29, 0.717) is 42.0 Å². The molecule has 10 heteroatoms. The first-order valence-corrected chi connectivity index (χ1v) is 7.11. The van der Waals surface area contributed by atoms with Crippen LogP contribution in [0, 0.1) is 0 Å². The molecule has 7 N–H and O–H groups in total. The van der Waals surface area contributed by atoms with E-state index >= 15 is 0 Å². The maximum Gasteiger partial charge on any atom is 0.276 e. The third kappa shape index (κ3) is 5.93. The highest BCUT2D eigenvalue weighted by Crippen LogP contribution is 2.30. The zero-order valence-corrected chi connectivity index (χ0v) is 15.0. The summed E-state index contributed by atoms with van der Waals surface area (Å²) in [5.41, 5.74) is 17.3. The van der Waals surface area contributed by atoms with Crippen LogP contribution < -0.4 is 27.3 Å².